The molecule has 0 aliphatic rings. The number of benzene rings is 1. The summed E-state index contributed by atoms with van der Waals surface area (Å²) in [6.07, 6.45) is 2.73. The fraction of sp³-hybridized carbons (Fsp3) is 0.286. The van der Waals surface area contributed by atoms with Crippen LogP contribution in [0.5, 0.6) is 0 Å². The molecular weight excluding hydrogens is 340 g/mol. The van der Waals surface area contributed by atoms with Gasteiger partial charge >= 0.3 is 0 Å². The van der Waals surface area contributed by atoms with E-state index in [1.807, 2.05) is 37.0 Å². The summed E-state index contributed by atoms with van der Waals surface area (Å²) in [6, 6.07) is 6.09. The van der Waals surface area contributed by atoms with Gasteiger partial charge in [0.05, 0.1) is 22.4 Å². The third kappa shape index (κ3) is 2.25. The molecule has 1 aromatic carbocycles. The predicted octanol–water partition coefficient (Wildman–Crippen LogP) is 3.61. The Balaban J connectivity index is 2.33. The second-order valence-corrected chi connectivity index (χ2v) is 6.00. The second kappa shape index (κ2) is 5.22. The van der Waals surface area contributed by atoms with Crippen LogP contribution in [-0.4, -0.2) is 25.2 Å². The third-order valence-corrected chi connectivity index (χ3v) is 3.91. The van der Waals surface area contributed by atoms with E-state index in [2.05, 4.69) is 31.7 Å². The summed E-state index contributed by atoms with van der Waals surface area (Å²) in [5, 5.41) is 4.42. The van der Waals surface area contributed by atoms with Crippen LogP contribution in [0.1, 0.15) is 11.5 Å². The summed E-state index contributed by atoms with van der Waals surface area (Å²) in [5.74, 6) is 1.51. The van der Waals surface area contributed by atoms with Crippen molar-refractivity contribution in [1.29, 1.82) is 0 Å². The Labute approximate surface area is 130 Å². The Hall–Kier alpha value is -1.33. The van der Waals surface area contributed by atoms with E-state index in [9.17, 15) is 0 Å². The molecule has 0 saturated carbocycles. The number of hydrogen-bond acceptors (Lipinski definition) is 2. The van der Waals surface area contributed by atoms with Gasteiger partial charge in [-0.25, -0.2) is 4.98 Å². The van der Waals surface area contributed by atoms with E-state index in [1.54, 1.807) is 0 Å². The van der Waals surface area contributed by atoms with Crippen molar-refractivity contribution in [1.82, 2.24) is 19.3 Å². The van der Waals surface area contributed by atoms with Crippen LogP contribution >= 0.6 is 27.5 Å². The second-order valence-electron chi connectivity index (χ2n) is 4.71. The maximum Gasteiger partial charge on any atom is 0.115 e. The van der Waals surface area contributed by atoms with Crippen molar-refractivity contribution in [3.63, 3.8) is 0 Å². The monoisotopic (exact) mass is 352 g/mol. The van der Waals surface area contributed by atoms with Crippen molar-refractivity contribution in [2.24, 2.45) is 7.05 Å². The zero-order valence-corrected chi connectivity index (χ0v) is 13.6. The number of imidazole rings is 1. The number of halogens is 2. The van der Waals surface area contributed by atoms with Crippen molar-refractivity contribution in [2.75, 3.05) is 5.88 Å². The van der Waals surface area contributed by atoms with Crippen molar-refractivity contribution in [3.05, 3.63) is 40.4 Å². The van der Waals surface area contributed by atoms with Crippen LogP contribution in [0.15, 0.2) is 28.9 Å². The largest absolute Gasteiger partial charge is 0.293 e. The molecule has 104 valence electrons. The van der Waals surface area contributed by atoms with Gasteiger partial charge in [0, 0.05) is 30.0 Å². The highest BCUT2D eigenvalue weighted by molar-refractivity contribution is 9.10. The van der Waals surface area contributed by atoms with Gasteiger partial charge in [-0.05, 0) is 25.1 Å². The fourth-order valence-electron chi connectivity index (χ4n) is 2.43. The zero-order valence-electron chi connectivity index (χ0n) is 11.3. The van der Waals surface area contributed by atoms with E-state index < -0.39 is 0 Å². The molecule has 0 aliphatic carbocycles. The topological polar surface area (TPSA) is 35.6 Å². The van der Waals surface area contributed by atoms with E-state index >= 15 is 0 Å². The predicted molar refractivity (Wildman–Crippen MR) is 84.7 cm³/mol. The fourth-order valence-corrected chi connectivity index (χ4v) is 2.94. The third-order valence-electron chi connectivity index (χ3n) is 3.23. The molecule has 6 heteroatoms. The van der Waals surface area contributed by atoms with Gasteiger partial charge in [0.15, 0.2) is 0 Å². The Morgan fingerprint density at radius 2 is 2.15 bits per heavy atom. The lowest BCUT2D eigenvalue weighted by atomic mass is 10.3. The molecular formula is C14H14BrClN4. The molecule has 0 unspecified atom stereocenters. The molecule has 0 atom stereocenters. The van der Waals surface area contributed by atoms with E-state index in [4.69, 9.17) is 16.6 Å². The molecule has 0 amide bonds. The first-order valence-corrected chi connectivity index (χ1v) is 7.66. The summed E-state index contributed by atoms with van der Waals surface area (Å²) >= 11 is 9.44. The van der Waals surface area contributed by atoms with Gasteiger partial charge in [-0.15, -0.1) is 11.6 Å². The highest BCUT2D eigenvalue weighted by Crippen LogP contribution is 2.26. The molecule has 0 spiro atoms. The highest BCUT2D eigenvalue weighted by atomic mass is 79.9. The lowest BCUT2D eigenvalue weighted by molar-refractivity contribution is 0.756. The average Bonchev–Trinajstić information content (AvgIpc) is 2.89. The minimum atomic E-state index is 0.545. The number of fused-ring (bicyclic) bond motifs is 1. The maximum absolute atomic E-state index is 5.92. The molecule has 3 aromatic rings. The number of rotatable bonds is 3. The summed E-state index contributed by atoms with van der Waals surface area (Å²) in [7, 11) is 1.92. The van der Waals surface area contributed by atoms with E-state index in [0.29, 0.717) is 5.88 Å². The molecule has 2 aromatic heterocycles. The number of hydrogen-bond donors (Lipinski definition) is 0. The van der Waals surface area contributed by atoms with Crippen molar-refractivity contribution in [3.8, 4) is 5.69 Å². The van der Waals surface area contributed by atoms with E-state index in [0.717, 1.165) is 39.1 Å². The first-order valence-electron chi connectivity index (χ1n) is 6.33. The number of aromatic nitrogens is 4. The summed E-state index contributed by atoms with van der Waals surface area (Å²) in [6.45, 7) is 2.00. The van der Waals surface area contributed by atoms with Gasteiger partial charge in [0.2, 0.25) is 0 Å². The van der Waals surface area contributed by atoms with Gasteiger partial charge < -0.3 is 0 Å². The van der Waals surface area contributed by atoms with Crippen LogP contribution in [0, 0.1) is 6.92 Å². The highest BCUT2D eigenvalue weighted by Gasteiger charge is 2.15. The molecule has 0 aliphatic heterocycles. The first-order chi connectivity index (χ1) is 9.60. The molecule has 0 saturated heterocycles. The number of aryl methyl sites for hydroxylation is 3. The zero-order chi connectivity index (χ0) is 14.3. The maximum atomic E-state index is 5.92. The van der Waals surface area contributed by atoms with Gasteiger partial charge in [-0.2, -0.15) is 5.10 Å². The Bertz CT molecular complexity index is 775. The lowest BCUT2D eigenvalue weighted by Gasteiger charge is -2.07. The quantitative estimate of drug-likeness (QED) is 0.674. The molecule has 20 heavy (non-hydrogen) atoms. The smallest absolute Gasteiger partial charge is 0.115 e. The van der Waals surface area contributed by atoms with Crippen molar-refractivity contribution >= 4 is 38.6 Å². The molecule has 0 N–H and O–H groups in total. The van der Waals surface area contributed by atoms with Crippen LogP contribution in [0.4, 0.5) is 0 Å². The van der Waals surface area contributed by atoms with Crippen LogP contribution in [0.25, 0.3) is 16.7 Å². The first kappa shape index (κ1) is 13.6. The van der Waals surface area contributed by atoms with E-state index in [1.165, 1.54) is 0 Å². The van der Waals surface area contributed by atoms with Gasteiger partial charge in [0.1, 0.15) is 5.82 Å². The number of nitrogens with zero attached hydrogens (tertiary/aromatic N) is 4. The number of alkyl halides is 1. The van der Waals surface area contributed by atoms with Crippen LogP contribution in [0.2, 0.25) is 0 Å². The normalized spacial score (nSPS) is 11.4. The Morgan fingerprint density at radius 1 is 1.35 bits per heavy atom. The van der Waals surface area contributed by atoms with Crippen molar-refractivity contribution < 1.29 is 0 Å². The van der Waals surface area contributed by atoms with E-state index in [-0.39, 0.29) is 0 Å². The van der Waals surface area contributed by atoms with Crippen LogP contribution in [-0.2, 0) is 13.5 Å². The Kier molecular flexibility index (Phi) is 3.56. The van der Waals surface area contributed by atoms with Gasteiger partial charge in [-0.1, -0.05) is 15.9 Å². The molecule has 3 rings (SSSR count). The molecule has 0 radical (unpaired) electrons. The lowest BCUT2D eigenvalue weighted by Crippen LogP contribution is -2.02. The van der Waals surface area contributed by atoms with Gasteiger partial charge in [-0.3, -0.25) is 9.25 Å². The Morgan fingerprint density at radius 3 is 2.80 bits per heavy atom. The van der Waals surface area contributed by atoms with Crippen molar-refractivity contribution in [2.45, 2.75) is 13.3 Å². The standard InChI is InChI=1S/C14H14BrClN4/c1-9-13(8-19(2)18-9)20-12-7-10(15)3-4-11(12)17-14(20)5-6-16/h3-4,7-8H,5-6H2,1-2H3. The van der Waals surface area contributed by atoms with Crippen LogP contribution < -0.4 is 0 Å². The summed E-state index contributed by atoms with van der Waals surface area (Å²) in [4.78, 5) is 4.69. The SMILES string of the molecule is Cc1nn(C)cc1-n1c(CCCl)nc2ccc(Br)cc21. The minimum absolute atomic E-state index is 0.545. The van der Waals surface area contributed by atoms with Gasteiger partial charge in [0.25, 0.3) is 0 Å². The average molecular weight is 354 g/mol. The summed E-state index contributed by atoms with van der Waals surface area (Å²) < 4.78 is 4.99. The minimum Gasteiger partial charge on any atom is -0.293 e. The molecule has 0 fully saturated rings. The summed E-state index contributed by atoms with van der Waals surface area (Å²) in [5.41, 5.74) is 4.06. The van der Waals surface area contributed by atoms with Crippen LogP contribution in [0.3, 0.4) is 0 Å². The molecule has 0 bridgehead atoms. The molecule has 4 nitrogen and oxygen atoms in total. The molecule has 2 heterocycles.